The lowest BCUT2D eigenvalue weighted by atomic mass is 10.0. The number of ether oxygens (including phenoxy) is 2. The van der Waals surface area contributed by atoms with Crippen molar-refractivity contribution < 1.29 is 37.6 Å². The van der Waals surface area contributed by atoms with Gasteiger partial charge in [0, 0.05) is 19.4 Å². The van der Waals surface area contributed by atoms with Gasteiger partial charge in [-0.1, -0.05) is 324 Å². The van der Waals surface area contributed by atoms with Crippen LogP contribution < -0.4 is 5.73 Å². The fraction of sp³-hybridized carbons (Fsp3) is 0.775. The molecule has 0 aromatic carbocycles. The molecule has 0 amide bonds. The van der Waals surface area contributed by atoms with Crippen molar-refractivity contribution in [3.63, 3.8) is 0 Å². The van der Waals surface area contributed by atoms with Crippen molar-refractivity contribution in [3.8, 4) is 0 Å². The molecule has 10 heteroatoms. The Bertz CT molecular complexity index is 1600. The number of phosphoric ester groups is 1. The van der Waals surface area contributed by atoms with E-state index in [4.69, 9.17) is 24.3 Å². The average molecular weight is 1150 g/mol. The monoisotopic (exact) mass is 1150 g/mol. The van der Waals surface area contributed by atoms with Crippen LogP contribution in [0.25, 0.3) is 0 Å². The van der Waals surface area contributed by atoms with Gasteiger partial charge in [0.25, 0.3) is 0 Å². The van der Waals surface area contributed by atoms with Crippen LogP contribution in [-0.4, -0.2) is 49.3 Å². The molecule has 0 spiro atoms. The minimum absolute atomic E-state index is 0.0531. The number of phosphoric acid groups is 1. The number of hydrogen-bond acceptors (Lipinski definition) is 8. The zero-order valence-corrected chi connectivity index (χ0v) is 53.7. The van der Waals surface area contributed by atoms with Crippen LogP contribution in [0.2, 0.25) is 0 Å². The van der Waals surface area contributed by atoms with Crippen LogP contribution >= 0.6 is 7.82 Å². The van der Waals surface area contributed by atoms with Crippen LogP contribution in [0.4, 0.5) is 0 Å². The lowest BCUT2D eigenvalue weighted by molar-refractivity contribution is -0.161. The van der Waals surface area contributed by atoms with Crippen LogP contribution in [0.15, 0.2) is 85.1 Å². The highest BCUT2D eigenvalue weighted by molar-refractivity contribution is 7.47. The molecule has 0 bridgehead atoms. The third-order valence-corrected chi connectivity index (χ3v) is 15.8. The molecule has 0 rings (SSSR count). The number of allylic oxidation sites excluding steroid dienone is 14. The summed E-state index contributed by atoms with van der Waals surface area (Å²) in [7, 11) is -4.39. The second kappa shape index (κ2) is 66.3. The van der Waals surface area contributed by atoms with E-state index in [9.17, 15) is 19.0 Å². The quantitative estimate of drug-likeness (QED) is 0.0264. The molecule has 0 heterocycles. The van der Waals surface area contributed by atoms with Crippen molar-refractivity contribution in [2.75, 3.05) is 26.4 Å². The van der Waals surface area contributed by atoms with Gasteiger partial charge in [-0.05, 0) is 70.6 Å². The number of nitrogens with two attached hydrogens (primary N) is 1. The second-order valence-electron chi connectivity index (χ2n) is 22.7. The van der Waals surface area contributed by atoms with Gasteiger partial charge >= 0.3 is 19.8 Å². The van der Waals surface area contributed by atoms with Crippen molar-refractivity contribution in [3.05, 3.63) is 85.1 Å². The Hall–Kier alpha value is -2.81. The Balaban J connectivity index is 3.87. The molecule has 9 nitrogen and oxygen atoms in total. The molecule has 0 aromatic rings. The average Bonchev–Trinajstić information content (AvgIpc) is 3.46. The normalized spacial score (nSPS) is 13.5. The van der Waals surface area contributed by atoms with E-state index in [0.29, 0.717) is 6.42 Å². The number of rotatable bonds is 64. The standard InChI is InChI=1S/C71H128NO8P/c1-3-5-7-9-11-13-15-17-19-21-23-25-27-28-29-30-31-32-33-34-35-36-37-38-39-40-42-44-46-48-50-52-54-56-58-60-62-64-71(74)80-69(68-79-81(75,76)78-66-65-72)67-77-70(73)63-61-59-57-55-53-51-49-47-45-43-41-26-24-22-20-18-16-14-12-10-8-6-4-2/h5,7,11,13,17,19,23,25,28-29,31-32,34-35,69H,3-4,6,8-10,12,14-16,18,20-22,24,26-27,30,33,36-68,72H2,1-2H3,(H,75,76)/b7-5-,13-11-,19-17-,25-23-,29-28-,32-31-,35-34-. The molecule has 2 unspecified atom stereocenters. The van der Waals surface area contributed by atoms with Crippen molar-refractivity contribution in [2.45, 2.75) is 328 Å². The van der Waals surface area contributed by atoms with Gasteiger partial charge < -0.3 is 20.1 Å². The van der Waals surface area contributed by atoms with E-state index in [0.717, 1.165) is 83.5 Å². The van der Waals surface area contributed by atoms with Crippen molar-refractivity contribution >= 4 is 19.8 Å². The van der Waals surface area contributed by atoms with E-state index < -0.39 is 26.5 Å². The van der Waals surface area contributed by atoms with Gasteiger partial charge in [0.05, 0.1) is 13.2 Å². The lowest BCUT2D eigenvalue weighted by Crippen LogP contribution is -2.29. The minimum Gasteiger partial charge on any atom is -0.462 e. The van der Waals surface area contributed by atoms with E-state index in [-0.39, 0.29) is 38.6 Å². The van der Waals surface area contributed by atoms with Gasteiger partial charge in [0.2, 0.25) is 0 Å². The van der Waals surface area contributed by atoms with Crippen LogP contribution in [0.5, 0.6) is 0 Å². The predicted molar refractivity (Wildman–Crippen MR) is 349 cm³/mol. The van der Waals surface area contributed by atoms with Gasteiger partial charge in [0.1, 0.15) is 6.61 Å². The van der Waals surface area contributed by atoms with Crippen LogP contribution in [-0.2, 0) is 32.7 Å². The van der Waals surface area contributed by atoms with Gasteiger partial charge in [-0.25, -0.2) is 4.57 Å². The molecule has 2 atom stereocenters. The first-order valence-electron chi connectivity index (χ1n) is 34.1. The van der Waals surface area contributed by atoms with Crippen LogP contribution in [0.3, 0.4) is 0 Å². The van der Waals surface area contributed by atoms with Crippen molar-refractivity contribution in [1.82, 2.24) is 0 Å². The van der Waals surface area contributed by atoms with E-state index in [1.165, 1.54) is 205 Å². The summed E-state index contributed by atoms with van der Waals surface area (Å²) in [6.45, 7) is 3.68. The zero-order valence-electron chi connectivity index (χ0n) is 52.8. The topological polar surface area (TPSA) is 134 Å². The molecule has 0 fully saturated rings. The van der Waals surface area contributed by atoms with E-state index in [1.54, 1.807) is 0 Å². The van der Waals surface area contributed by atoms with E-state index in [2.05, 4.69) is 98.9 Å². The Morgan fingerprint density at radius 3 is 1.01 bits per heavy atom. The highest BCUT2D eigenvalue weighted by Crippen LogP contribution is 2.43. The summed E-state index contributed by atoms with van der Waals surface area (Å²) < 4.78 is 33.2. The number of unbranched alkanes of at least 4 members (excludes halogenated alkanes) is 37. The summed E-state index contributed by atoms with van der Waals surface area (Å²) in [5.41, 5.74) is 5.40. The highest BCUT2D eigenvalue weighted by Gasteiger charge is 2.26. The maximum absolute atomic E-state index is 12.8. The van der Waals surface area contributed by atoms with E-state index >= 15 is 0 Å². The lowest BCUT2D eigenvalue weighted by Gasteiger charge is -2.19. The van der Waals surface area contributed by atoms with E-state index in [1.807, 2.05) is 0 Å². The van der Waals surface area contributed by atoms with Gasteiger partial charge in [-0.15, -0.1) is 0 Å². The second-order valence-corrected chi connectivity index (χ2v) is 24.1. The van der Waals surface area contributed by atoms with Gasteiger partial charge in [-0.3, -0.25) is 18.6 Å². The third kappa shape index (κ3) is 66.2. The molecule has 0 aliphatic rings. The molecular formula is C71H128NO8P. The van der Waals surface area contributed by atoms with Crippen molar-refractivity contribution in [1.29, 1.82) is 0 Å². The highest BCUT2D eigenvalue weighted by atomic mass is 31.2. The zero-order chi connectivity index (χ0) is 58.7. The SMILES string of the molecule is CC/C=C\C/C=C\C/C=C\C/C=C\C/C=C\C/C=C\C/C=C\CCCCCCCCCCCCCCCCCC(=O)OC(COC(=O)CCCCCCCCCCCCCCCCCCCCCCCCC)COP(=O)(O)OCCN. The Labute approximate surface area is 500 Å². The molecule has 0 aromatic heterocycles. The molecule has 0 aliphatic carbocycles. The number of esters is 2. The first-order chi connectivity index (χ1) is 39.8. The van der Waals surface area contributed by atoms with Gasteiger partial charge in [-0.2, -0.15) is 0 Å². The third-order valence-electron chi connectivity index (χ3n) is 14.8. The molecule has 0 saturated heterocycles. The molecule has 3 N–H and O–H groups in total. The fourth-order valence-corrected chi connectivity index (χ4v) is 10.6. The Morgan fingerprint density at radius 2 is 0.679 bits per heavy atom. The van der Waals surface area contributed by atoms with Crippen molar-refractivity contribution in [2.24, 2.45) is 5.73 Å². The molecule has 0 saturated carbocycles. The summed E-state index contributed by atoms with van der Waals surface area (Å²) in [6, 6.07) is 0. The van der Waals surface area contributed by atoms with Crippen LogP contribution in [0, 0.1) is 0 Å². The molecule has 0 aliphatic heterocycles. The first-order valence-corrected chi connectivity index (χ1v) is 35.6. The first kappa shape index (κ1) is 78.2. The maximum atomic E-state index is 12.8. The van der Waals surface area contributed by atoms with Gasteiger partial charge in [0.15, 0.2) is 6.10 Å². The smallest absolute Gasteiger partial charge is 0.462 e. The predicted octanol–water partition coefficient (Wildman–Crippen LogP) is 22.2. The largest absolute Gasteiger partial charge is 0.472 e. The number of hydrogen-bond donors (Lipinski definition) is 2. The fourth-order valence-electron chi connectivity index (χ4n) is 9.80. The Kier molecular flexibility index (Phi) is 64.0. The summed E-state index contributed by atoms with van der Waals surface area (Å²) in [5.74, 6) is -0.814. The summed E-state index contributed by atoms with van der Waals surface area (Å²) in [5, 5.41) is 0. The molecule has 470 valence electrons. The Morgan fingerprint density at radius 1 is 0.383 bits per heavy atom. The summed E-state index contributed by atoms with van der Waals surface area (Å²) in [4.78, 5) is 35.3. The summed E-state index contributed by atoms with van der Waals surface area (Å²) >= 11 is 0. The molecule has 81 heavy (non-hydrogen) atoms. The number of carbonyl (C=O) groups is 2. The minimum atomic E-state index is -4.39. The molecular weight excluding hydrogens is 1030 g/mol. The summed E-state index contributed by atoms with van der Waals surface area (Å²) in [6.07, 6.45) is 88.1. The number of carbonyl (C=O) groups excluding carboxylic acids is 2. The molecule has 0 radical (unpaired) electrons. The maximum Gasteiger partial charge on any atom is 0.472 e. The van der Waals surface area contributed by atoms with Crippen LogP contribution in [0.1, 0.15) is 322 Å².